The molecule has 0 bridgehead atoms. The second kappa shape index (κ2) is 10.6. The van der Waals surface area contributed by atoms with E-state index >= 15 is 0 Å². The molecule has 0 radical (unpaired) electrons. The van der Waals surface area contributed by atoms with E-state index in [4.69, 9.17) is 0 Å². The summed E-state index contributed by atoms with van der Waals surface area (Å²) < 4.78 is 0. The standard InChI is InChI=1S/C12H25.Al/c1-4-6-8-9-11-12(3)10-7-5-2;/h12H,3-11H2,1-2H3;/q;+2. The Morgan fingerprint density at radius 2 is 1.46 bits per heavy atom. The van der Waals surface area contributed by atoms with Crippen LogP contribution in [-0.2, 0) is 0 Å². The normalized spacial score (nSPS) is 13.2. The SMILES string of the molecule is CCCCCCC([CH2][Al+2])CCCC. The molecule has 0 amide bonds. The molecule has 0 heterocycles. The van der Waals surface area contributed by atoms with Crippen LogP contribution in [0.25, 0.3) is 0 Å². The van der Waals surface area contributed by atoms with Crippen molar-refractivity contribution >= 4 is 16.3 Å². The molecule has 0 aromatic carbocycles. The number of hydrogen-bond acceptors (Lipinski definition) is 0. The third-order valence-corrected chi connectivity index (χ3v) is 3.43. The van der Waals surface area contributed by atoms with Crippen LogP contribution in [0.15, 0.2) is 0 Å². The Morgan fingerprint density at radius 1 is 0.846 bits per heavy atom. The van der Waals surface area contributed by atoms with E-state index in [1.165, 1.54) is 56.6 Å². The van der Waals surface area contributed by atoms with Gasteiger partial charge in [0.1, 0.15) is 0 Å². The first-order valence-corrected chi connectivity index (χ1v) is 6.86. The van der Waals surface area contributed by atoms with Crippen LogP contribution in [0.1, 0.15) is 65.2 Å². The molecule has 0 spiro atoms. The molecule has 0 aromatic heterocycles. The van der Waals surface area contributed by atoms with Gasteiger partial charge in [0.25, 0.3) is 0 Å². The molecule has 0 fully saturated rings. The van der Waals surface area contributed by atoms with E-state index in [2.05, 4.69) is 30.1 Å². The zero-order chi connectivity index (χ0) is 9.94. The average Bonchev–Trinajstić information content (AvgIpc) is 2.17. The molecule has 13 heavy (non-hydrogen) atoms. The molecule has 0 aromatic rings. The number of hydrogen-bond donors (Lipinski definition) is 0. The second-order valence-corrected chi connectivity index (χ2v) is 4.56. The van der Waals surface area contributed by atoms with Crippen molar-refractivity contribution in [2.24, 2.45) is 5.92 Å². The van der Waals surface area contributed by atoms with Gasteiger partial charge in [0, 0.05) is 0 Å². The molecule has 1 heteroatoms. The van der Waals surface area contributed by atoms with Gasteiger partial charge in [0.2, 0.25) is 0 Å². The molecular weight excluding hydrogens is 171 g/mol. The van der Waals surface area contributed by atoms with Crippen molar-refractivity contribution in [3.05, 3.63) is 0 Å². The summed E-state index contributed by atoms with van der Waals surface area (Å²) in [4.78, 5) is 0. The van der Waals surface area contributed by atoms with Gasteiger partial charge < -0.3 is 0 Å². The number of rotatable bonds is 9. The van der Waals surface area contributed by atoms with Crippen LogP contribution in [-0.4, -0.2) is 16.3 Å². The van der Waals surface area contributed by atoms with E-state index in [-0.39, 0.29) is 0 Å². The molecule has 0 nitrogen and oxygen atoms in total. The summed E-state index contributed by atoms with van der Waals surface area (Å²) in [6.45, 7) is 4.57. The Balaban J connectivity index is 3.25. The van der Waals surface area contributed by atoms with Gasteiger partial charge in [-0.15, -0.1) is 0 Å². The van der Waals surface area contributed by atoms with Crippen molar-refractivity contribution < 1.29 is 0 Å². The summed E-state index contributed by atoms with van der Waals surface area (Å²) in [5, 5.41) is 1.31. The minimum atomic E-state index is 0.988. The molecule has 0 saturated heterocycles. The van der Waals surface area contributed by atoms with Gasteiger partial charge in [-0.2, -0.15) is 0 Å². The van der Waals surface area contributed by atoms with Crippen LogP contribution in [0.3, 0.4) is 0 Å². The van der Waals surface area contributed by atoms with Crippen LogP contribution in [0.4, 0.5) is 0 Å². The Hall–Kier alpha value is 0.532. The molecule has 0 aliphatic rings. The average molecular weight is 196 g/mol. The van der Waals surface area contributed by atoms with Crippen molar-refractivity contribution in [3.63, 3.8) is 0 Å². The first-order chi connectivity index (χ1) is 6.35. The van der Waals surface area contributed by atoms with Crippen molar-refractivity contribution in [2.45, 2.75) is 70.5 Å². The van der Waals surface area contributed by atoms with Crippen LogP contribution in [0.5, 0.6) is 0 Å². The van der Waals surface area contributed by atoms with E-state index in [0.29, 0.717) is 0 Å². The summed E-state index contributed by atoms with van der Waals surface area (Å²) in [6, 6.07) is 0. The van der Waals surface area contributed by atoms with Gasteiger partial charge in [-0.25, -0.2) is 0 Å². The van der Waals surface area contributed by atoms with E-state index < -0.39 is 0 Å². The third kappa shape index (κ3) is 8.85. The van der Waals surface area contributed by atoms with Gasteiger partial charge in [0.15, 0.2) is 0 Å². The molecule has 0 aliphatic carbocycles. The molecule has 1 atom stereocenters. The predicted octanol–water partition coefficient (Wildman–Crippen LogP) is 4.35. The summed E-state index contributed by atoms with van der Waals surface area (Å²) >= 11 is 2.91. The fourth-order valence-corrected chi connectivity index (χ4v) is 2.20. The maximum atomic E-state index is 2.91. The van der Waals surface area contributed by atoms with Crippen LogP contribution in [0.2, 0.25) is 5.28 Å². The summed E-state index contributed by atoms with van der Waals surface area (Å²) in [7, 11) is 0. The van der Waals surface area contributed by atoms with E-state index in [9.17, 15) is 0 Å². The Morgan fingerprint density at radius 3 is 2.00 bits per heavy atom. The fraction of sp³-hybridized carbons (Fsp3) is 1.00. The zero-order valence-electron chi connectivity index (χ0n) is 9.52. The van der Waals surface area contributed by atoms with Gasteiger partial charge in [-0.1, -0.05) is 0 Å². The predicted molar refractivity (Wildman–Crippen MR) is 62.3 cm³/mol. The molecule has 1 unspecified atom stereocenters. The van der Waals surface area contributed by atoms with Crippen molar-refractivity contribution in [1.29, 1.82) is 0 Å². The van der Waals surface area contributed by atoms with Crippen LogP contribution in [0, 0.1) is 5.92 Å². The van der Waals surface area contributed by atoms with Crippen molar-refractivity contribution in [3.8, 4) is 0 Å². The Labute approximate surface area is 92.9 Å². The zero-order valence-corrected chi connectivity index (χ0v) is 10.7. The molecular formula is C12H25Al+2. The third-order valence-electron chi connectivity index (χ3n) is 2.77. The van der Waals surface area contributed by atoms with Gasteiger partial charge in [-0.3, -0.25) is 0 Å². The summed E-state index contributed by atoms with van der Waals surface area (Å²) in [5.41, 5.74) is 0. The quantitative estimate of drug-likeness (QED) is 0.380. The van der Waals surface area contributed by atoms with Gasteiger partial charge in [0.05, 0.1) is 0 Å². The van der Waals surface area contributed by atoms with Crippen LogP contribution >= 0.6 is 0 Å². The molecule has 74 valence electrons. The first kappa shape index (κ1) is 13.5. The van der Waals surface area contributed by atoms with E-state index in [0.717, 1.165) is 5.92 Å². The number of unbranched alkanes of at least 4 members (excludes halogenated alkanes) is 4. The van der Waals surface area contributed by atoms with E-state index in [1.54, 1.807) is 0 Å². The van der Waals surface area contributed by atoms with E-state index in [1.807, 2.05) is 0 Å². The maximum absolute atomic E-state index is 2.91. The Bertz CT molecular complexity index is 91.1. The molecule has 0 saturated carbocycles. The summed E-state index contributed by atoms with van der Waals surface area (Å²) in [6.07, 6.45) is 11.4. The first-order valence-electron chi connectivity index (χ1n) is 6.05. The fourth-order valence-electron chi connectivity index (χ4n) is 1.73. The molecule has 0 rings (SSSR count). The Kier molecular flexibility index (Phi) is 11.0. The minimum absolute atomic E-state index is 0.988. The monoisotopic (exact) mass is 196 g/mol. The van der Waals surface area contributed by atoms with Gasteiger partial charge in [-0.05, 0) is 0 Å². The molecule has 0 aliphatic heterocycles. The van der Waals surface area contributed by atoms with Crippen LogP contribution < -0.4 is 0 Å². The molecule has 0 N–H and O–H groups in total. The van der Waals surface area contributed by atoms with Crippen molar-refractivity contribution in [1.82, 2.24) is 0 Å². The summed E-state index contributed by atoms with van der Waals surface area (Å²) in [5.74, 6) is 0.988. The second-order valence-electron chi connectivity index (χ2n) is 4.09. The van der Waals surface area contributed by atoms with Crippen molar-refractivity contribution in [2.75, 3.05) is 0 Å². The topological polar surface area (TPSA) is 0 Å². The van der Waals surface area contributed by atoms with Gasteiger partial charge >= 0.3 is 92.7 Å².